The maximum Gasteiger partial charge on any atom is 0.242 e. The van der Waals surface area contributed by atoms with E-state index in [2.05, 4.69) is 5.43 Å². The first-order valence-electron chi connectivity index (χ1n) is 6.68. The van der Waals surface area contributed by atoms with Gasteiger partial charge in [0.15, 0.2) is 0 Å². The van der Waals surface area contributed by atoms with Crippen LogP contribution in [0.4, 0.5) is 0 Å². The Balaban J connectivity index is 1.79. The van der Waals surface area contributed by atoms with Gasteiger partial charge in [-0.05, 0) is 19.3 Å². The van der Waals surface area contributed by atoms with Crippen LogP contribution in [-0.2, 0) is 14.4 Å². The van der Waals surface area contributed by atoms with Gasteiger partial charge in [-0.25, -0.2) is 5.84 Å². The fourth-order valence-corrected chi connectivity index (χ4v) is 2.64. The second-order valence-corrected chi connectivity index (χ2v) is 5.08. The monoisotopic (exact) mass is 268 g/mol. The van der Waals surface area contributed by atoms with Gasteiger partial charge in [-0.1, -0.05) is 0 Å². The molecule has 2 heterocycles. The first-order chi connectivity index (χ1) is 9.11. The van der Waals surface area contributed by atoms with Crippen molar-refractivity contribution in [3.8, 4) is 0 Å². The van der Waals surface area contributed by atoms with Crippen molar-refractivity contribution in [3.05, 3.63) is 0 Å². The molecule has 2 rings (SSSR count). The topological polar surface area (TPSA) is 95.7 Å². The van der Waals surface area contributed by atoms with Gasteiger partial charge < -0.3 is 9.80 Å². The van der Waals surface area contributed by atoms with E-state index in [1.165, 1.54) is 0 Å². The van der Waals surface area contributed by atoms with Crippen molar-refractivity contribution in [1.82, 2.24) is 15.2 Å². The lowest BCUT2D eigenvalue weighted by atomic mass is 9.96. The fourth-order valence-electron chi connectivity index (χ4n) is 2.64. The van der Waals surface area contributed by atoms with Crippen molar-refractivity contribution in [1.29, 1.82) is 0 Å². The summed E-state index contributed by atoms with van der Waals surface area (Å²) < 4.78 is 0. The lowest BCUT2D eigenvalue weighted by molar-refractivity contribution is -0.140. The van der Waals surface area contributed by atoms with Crippen LogP contribution in [0.5, 0.6) is 0 Å². The van der Waals surface area contributed by atoms with E-state index in [9.17, 15) is 14.4 Å². The second-order valence-electron chi connectivity index (χ2n) is 5.08. The van der Waals surface area contributed by atoms with Crippen LogP contribution >= 0.6 is 0 Å². The van der Waals surface area contributed by atoms with Crippen LogP contribution in [-0.4, -0.2) is 53.7 Å². The van der Waals surface area contributed by atoms with Gasteiger partial charge in [0.1, 0.15) is 0 Å². The molecule has 3 N–H and O–H groups in total. The van der Waals surface area contributed by atoms with Crippen LogP contribution in [0.15, 0.2) is 0 Å². The molecule has 0 aliphatic carbocycles. The van der Waals surface area contributed by atoms with Crippen LogP contribution < -0.4 is 11.3 Å². The highest BCUT2D eigenvalue weighted by Crippen LogP contribution is 2.18. The van der Waals surface area contributed by atoms with Crippen molar-refractivity contribution in [2.24, 2.45) is 11.8 Å². The van der Waals surface area contributed by atoms with Gasteiger partial charge in [0, 0.05) is 32.0 Å². The van der Waals surface area contributed by atoms with E-state index >= 15 is 0 Å². The zero-order valence-corrected chi connectivity index (χ0v) is 10.9. The molecule has 2 saturated heterocycles. The van der Waals surface area contributed by atoms with Gasteiger partial charge in [0.25, 0.3) is 0 Å². The number of likely N-dealkylation sites (tertiary alicyclic amines) is 2. The van der Waals surface area contributed by atoms with Crippen LogP contribution in [0.1, 0.15) is 25.7 Å². The number of nitrogens with two attached hydrogens (primary N) is 1. The molecular formula is C12H20N4O3. The molecule has 2 aliphatic rings. The summed E-state index contributed by atoms with van der Waals surface area (Å²) in [6.45, 7) is 1.96. The molecule has 2 aliphatic heterocycles. The van der Waals surface area contributed by atoms with Crippen molar-refractivity contribution < 1.29 is 14.4 Å². The van der Waals surface area contributed by atoms with Gasteiger partial charge >= 0.3 is 0 Å². The highest BCUT2D eigenvalue weighted by Gasteiger charge is 2.29. The highest BCUT2D eigenvalue weighted by molar-refractivity contribution is 5.86. The summed E-state index contributed by atoms with van der Waals surface area (Å²) in [5.41, 5.74) is 2.15. The molecule has 0 aromatic rings. The summed E-state index contributed by atoms with van der Waals surface area (Å²) >= 11 is 0. The number of amides is 3. The van der Waals surface area contributed by atoms with Crippen molar-refractivity contribution >= 4 is 17.7 Å². The smallest absolute Gasteiger partial charge is 0.242 e. The van der Waals surface area contributed by atoms with E-state index in [-0.39, 0.29) is 30.2 Å². The van der Waals surface area contributed by atoms with Gasteiger partial charge in [0.05, 0.1) is 6.54 Å². The lowest BCUT2D eigenvalue weighted by Crippen LogP contribution is -2.47. The van der Waals surface area contributed by atoms with E-state index in [0.29, 0.717) is 38.9 Å². The zero-order chi connectivity index (χ0) is 13.8. The first-order valence-corrected chi connectivity index (χ1v) is 6.68. The molecule has 3 amide bonds. The van der Waals surface area contributed by atoms with E-state index in [1.54, 1.807) is 9.80 Å². The lowest BCUT2D eigenvalue weighted by Gasteiger charge is -2.32. The van der Waals surface area contributed by atoms with Gasteiger partial charge in [-0.2, -0.15) is 0 Å². The Bertz CT molecular complexity index is 377. The number of hydrogen-bond acceptors (Lipinski definition) is 4. The Morgan fingerprint density at radius 3 is 2.47 bits per heavy atom. The number of hydrazine groups is 1. The quantitative estimate of drug-likeness (QED) is 0.383. The molecule has 7 nitrogen and oxygen atoms in total. The Morgan fingerprint density at radius 1 is 1.26 bits per heavy atom. The number of carbonyl (C=O) groups excluding carboxylic acids is 3. The predicted molar refractivity (Wildman–Crippen MR) is 67.4 cm³/mol. The number of carbonyl (C=O) groups is 3. The average molecular weight is 268 g/mol. The van der Waals surface area contributed by atoms with Crippen molar-refractivity contribution in [3.63, 3.8) is 0 Å². The highest BCUT2D eigenvalue weighted by atomic mass is 16.2. The third-order valence-electron chi connectivity index (χ3n) is 3.86. The minimum Gasteiger partial charge on any atom is -0.341 e. The summed E-state index contributed by atoms with van der Waals surface area (Å²) in [5, 5.41) is 0. The van der Waals surface area contributed by atoms with Crippen LogP contribution in [0.2, 0.25) is 0 Å². The molecule has 19 heavy (non-hydrogen) atoms. The summed E-state index contributed by atoms with van der Waals surface area (Å²) in [4.78, 5) is 38.2. The standard InChI is InChI=1S/C12H20N4O3/c13-14-12(19)9-3-6-15(7-4-9)11(18)8-16-5-1-2-10(16)17/h9H,1-8,13H2,(H,14,19). The number of nitrogens with one attached hydrogen (secondary N) is 1. The first kappa shape index (κ1) is 13.8. The van der Waals surface area contributed by atoms with E-state index in [0.717, 1.165) is 6.42 Å². The Morgan fingerprint density at radius 2 is 1.95 bits per heavy atom. The molecule has 0 saturated carbocycles. The van der Waals surface area contributed by atoms with E-state index in [1.807, 2.05) is 0 Å². The SMILES string of the molecule is NNC(=O)C1CCN(C(=O)CN2CCCC2=O)CC1. The largest absolute Gasteiger partial charge is 0.341 e. The Hall–Kier alpha value is -1.63. The maximum absolute atomic E-state index is 12.1. The molecule has 0 radical (unpaired) electrons. The molecule has 106 valence electrons. The number of hydrogen-bond donors (Lipinski definition) is 2. The number of piperidine rings is 1. The summed E-state index contributed by atoms with van der Waals surface area (Å²) in [6, 6.07) is 0. The second kappa shape index (κ2) is 6.01. The molecule has 0 bridgehead atoms. The summed E-state index contributed by atoms with van der Waals surface area (Å²) in [7, 11) is 0. The normalized spacial score (nSPS) is 20.8. The molecule has 7 heteroatoms. The van der Waals surface area contributed by atoms with Gasteiger partial charge in [-0.15, -0.1) is 0 Å². The molecule has 2 fully saturated rings. The number of nitrogens with zero attached hydrogens (tertiary/aromatic N) is 2. The number of rotatable bonds is 3. The molecule has 0 aromatic heterocycles. The summed E-state index contributed by atoms with van der Waals surface area (Å²) in [6.07, 6.45) is 2.64. The van der Waals surface area contributed by atoms with Crippen LogP contribution in [0.25, 0.3) is 0 Å². The molecule has 0 atom stereocenters. The molecule has 0 unspecified atom stereocenters. The van der Waals surface area contributed by atoms with E-state index in [4.69, 9.17) is 5.84 Å². The minimum absolute atomic E-state index is 0.0261. The van der Waals surface area contributed by atoms with Crippen molar-refractivity contribution in [2.45, 2.75) is 25.7 Å². The Kier molecular flexibility index (Phi) is 4.36. The Labute approximate surface area is 112 Å². The van der Waals surface area contributed by atoms with Gasteiger partial charge in [0.2, 0.25) is 17.7 Å². The fraction of sp³-hybridized carbons (Fsp3) is 0.750. The predicted octanol–water partition coefficient (Wildman–Crippen LogP) is -1.16. The molecule has 0 aromatic carbocycles. The molecule has 0 spiro atoms. The maximum atomic E-state index is 12.1. The zero-order valence-electron chi connectivity index (χ0n) is 10.9. The third kappa shape index (κ3) is 3.23. The molecular weight excluding hydrogens is 248 g/mol. The average Bonchev–Trinajstić information content (AvgIpc) is 2.83. The van der Waals surface area contributed by atoms with Gasteiger partial charge in [-0.3, -0.25) is 19.8 Å². The van der Waals surface area contributed by atoms with Crippen LogP contribution in [0.3, 0.4) is 0 Å². The van der Waals surface area contributed by atoms with Crippen molar-refractivity contribution in [2.75, 3.05) is 26.2 Å². The minimum atomic E-state index is -0.165. The van der Waals surface area contributed by atoms with Crippen LogP contribution in [0, 0.1) is 5.92 Å². The van der Waals surface area contributed by atoms with E-state index < -0.39 is 0 Å². The third-order valence-corrected chi connectivity index (χ3v) is 3.86. The summed E-state index contributed by atoms with van der Waals surface area (Å²) in [5.74, 6) is 4.86.